The predicted molar refractivity (Wildman–Crippen MR) is 179 cm³/mol. The largest absolute Gasteiger partial charge is 0.455 e. The Kier molecular flexibility index (Phi) is 18.1. The van der Waals surface area contributed by atoms with E-state index in [1.165, 1.54) is 16.7 Å². The van der Waals surface area contributed by atoms with Gasteiger partial charge in [0, 0.05) is 5.57 Å². The molecular weight excluding hydrogens is 568 g/mol. The average molecular weight is 625 g/mol. The fourth-order valence-corrected chi connectivity index (χ4v) is 5.70. The molecule has 2 aromatic carbocycles. The van der Waals surface area contributed by atoms with E-state index < -0.39 is 12.2 Å². The number of ether oxygens (including phenoxy) is 3. The van der Waals surface area contributed by atoms with Crippen LogP contribution in [0.15, 0.2) is 66.2 Å². The van der Waals surface area contributed by atoms with Crippen molar-refractivity contribution in [2.45, 2.75) is 121 Å². The number of hydrogen-bond donors (Lipinski definition) is 3. The lowest BCUT2D eigenvalue weighted by Gasteiger charge is -2.14. The molecule has 4 atom stereocenters. The summed E-state index contributed by atoms with van der Waals surface area (Å²) in [6.07, 6.45) is 13.2. The zero-order valence-corrected chi connectivity index (χ0v) is 27.3. The third-order valence-electron chi connectivity index (χ3n) is 8.36. The third-order valence-corrected chi connectivity index (χ3v) is 8.36. The first-order valence-electron chi connectivity index (χ1n) is 17.2. The summed E-state index contributed by atoms with van der Waals surface area (Å²) in [4.78, 5) is 11.6. The van der Waals surface area contributed by atoms with E-state index in [-0.39, 0.29) is 31.4 Å². The molecule has 1 aliphatic heterocycles. The summed E-state index contributed by atoms with van der Waals surface area (Å²) in [6, 6.07) is 19.0. The summed E-state index contributed by atoms with van der Waals surface area (Å²) in [5.74, 6) is -0.160. The number of unbranched alkanes of at least 4 members (excludes halogenated alkanes) is 5. The second kappa shape index (κ2) is 22.1. The maximum absolute atomic E-state index is 11.6. The summed E-state index contributed by atoms with van der Waals surface area (Å²) in [7, 11) is 0. The van der Waals surface area contributed by atoms with Crippen LogP contribution in [0.5, 0.6) is 0 Å². The summed E-state index contributed by atoms with van der Waals surface area (Å²) < 4.78 is 16.2. The summed E-state index contributed by atoms with van der Waals surface area (Å²) in [5, 5.41) is 30.6. The number of aliphatic hydroxyl groups excluding tert-OH is 3. The molecule has 1 aliphatic rings. The Bertz CT molecular complexity index is 1090. The number of aliphatic hydroxyl groups is 3. The van der Waals surface area contributed by atoms with Crippen molar-refractivity contribution in [3.63, 3.8) is 0 Å². The quantitative estimate of drug-likeness (QED) is 0.0811. The normalized spacial score (nSPS) is 16.8. The van der Waals surface area contributed by atoms with E-state index in [1.807, 2.05) is 31.2 Å². The SMILES string of the molecule is C[C@H]1C=C(CCCCCCCC(O)CCCC[C@H](O)COCCOC[C@@H](O)CCCc2ccc(-c3ccccc3)cc2)C(=O)O1. The fourth-order valence-electron chi connectivity index (χ4n) is 5.70. The van der Waals surface area contributed by atoms with Crippen LogP contribution in [0.2, 0.25) is 0 Å². The maximum atomic E-state index is 11.6. The molecule has 0 amide bonds. The minimum Gasteiger partial charge on any atom is -0.455 e. The zero-order valence-electron chi connectivity index (χ0n) is 27.3. The molecule has 0 spiro atoms. The second-order valence-electron chi connectivity index (χ2n) is 12.5. The molecule has 250 valence electrons. The van der Waals surface area contributed by atoms with E-state index in [4.69, 9.17) is 14.2 Å². The molecule has 7 nitrogen and oxygen atoms in total. The van der Waals surface area contributed by atoms with E-state index >= 15 is 0 Å². The van der Waals surface area contributed by atoms with Crippen molar-refractivity contribution >= 4 is 5.97 Å². The molecule has 0 aromatic heterocycles. The number of carbonyl (C=O) groups is 1. The smallest absolute Gasteiger partial charge is 0.334 e. The number of esters is 1. The first-order valence-corrected chi connectivity index (χ1v) is 17.2. The van der Waals surface area contributed by atoms with Crippen molar-refractivity contribution in [3.8, 4) is 11.1 Å². The molecular formula is C38H56O7. The standard InChI is InChI=1S/C38H56O7/c1-30-27-34(38(42)45-30)16-6-3-2-4-9-17-35(39)18-10-11-19-36(40)28-43-25-26-44-29-37(41)20-12-13-31-21-23-33(24-22-31)32-14-7-5-8-15-32/h5,7-8,14-15,21-24,27,30,35-37,39-41H,2-4,6,9-13,16-20,25-26,28-29H2,1H3/t30-,35?,36-,37-/m0/s1. The van der Waals surface area contributed by atoms with E-state index in [2.05, 4.69) is 36.4 Å². The van der Waals surface area contributed by atoms with Crippen LogP contribution in [0.25, 0.3) is 11.1 Å². The number of rotatable bonds is 25. The zero-order chi connectivity index (χ0) is 32.1. The Morgan fingerprint density at radius 2 is 1.18 bits per heavy atom. The van der Waals surface area contributed by atoms with Crippen LogP contribution in [0.3, 0.4) is 0 Å². The van der Waals surface area contributed by atoms with Crippen LogP contribution in [0.1, 0.15) is 96.0 Å². The molecule has 7 heteroatoms. The Balaban J connectivity index is 1.06. The Morgan fingerprint density at radius 1 is 0.644 bits per heavy atom. The molecule has 0 radical (unpaired) electrons. The highest BCUT2D eigenvalue weighted by Crippen LogP contribution is 2.21. The summed E-state index contributed by atoms with van der Waals surface area (Å²) in [5.41, 5.74) is 4.51. The van der Waals surface area contributed by atoms with Gasteiger partial charge >= 0.3 is 5.97 Å². The van der Waals surface area contributed by atoms with Crippen LogP contribution >= 0.6 is 0 Å². The van der Waals surface area contributed by atoms with Crippen molar-refractivity contribution in [2.75, 3.05) is 26.4 Å². The molecule has 0 aliphatic carbocycles. The van der Waals surface area contributed by atoms with Gasteiger partial charge in [-0.3, -0.25) is 0 Å². The highest BCUT2D eigenvalue weighted by molar-refractivity contribution is 5.90. The highest BCUT2D eigenvalue weighted by Gasteiger charge is 2.21. The Morgan fingerprint density at radius 3 is 1.80 bits per heavy atom. The van der Waals surface area contributed by atoms with Gasteiger partial charge in [-0.15, -0.1) is 0 Å². The van der Waals surface area contributed by atoms with Crippen molar-refractivity contribution in [1.29, 1.82) is 0 Å². The number of hydrogen-bond acceptors (Lipinski definition) is 7. The molecule has 3 N–H and O–H groups in total. The van der Waals surface area contributed by atoms with Gasteiger partial charge in [-0.2, -0.15) is 0 Å². The lowest BCUT2D eigenvalue weighted by molar-refractivity contribution is -0.139. The van der Waals surface area contributed by atoms with Gasteiger partial charge in [0.2, 0.25) is 0 Å². The summed E-state index contributed by atoms with van der Waals surface area (Å²) in [6.45, 7) is 3.23. The lowest BCUT2D eigenvalue weighted by Crippen LogP contribution is -2.20. The monoisotopic (exact) mass is 624 g/mol. The molecule has 45 heavy (non-hydrogen) atoms. The van der Waals surface area contributed by atoms with Crippen LogP contribution in [0, 0.1) is 0 Å². The van der Waals surface area contributed by atoms with Crippen LogP contribution in [-0.4, -0.2) is 72.1 Å². The van der Waals surface area contributed by atoms with Gasteiger partial charge in [-0.25, -0.2) is 4.79 Å². The van der Waals surface area contributed by atoms with Crippen LogP contribution in [-0.2, 0) is 25.4 Å². The summed E-state index contributed by atoms with van der Waals surface area (Å²) >= 11 is 0. The van der Waals surface area contributed by atoms with Gasteiger partial charge < -0.3 is 29.5 Å². The van der Waals surface area contributed by atoms with Crippen LogP contribution in [0.4, 0.5) is 0 Å². The molecule has 0 fully saturated rings. The molecule has 1 unspecified atom stereocenters. The molecule has 0 saturated heterocycles. The van der Waals surface area contributed by atoms with Crippen LogP contribution < -0.4 is 0 Å². The molecule has 0 saturated carbocycles. The van der Waals surface area contributed by atoms with E-state index in [0.29, 0.717) is 26.1 Å². The van der Waals surface area contributed by atoms with Gasteiger partial charge in [0.25, 0.3) is 0 Å². The number of benzene rings is 2. The number of aryl methyl sites for hydroxylation is 1. The first-order chi connectivity index (χ1) is 21.9. The second-order valence-corrected chi connectivity index (χ2v) is 12.5. The van der Waals surface area contributed by atoms with E-state index in [0.717, 1.165) is 82.6 Å². The van der Waals surface area contributed by atoms with Gasteiger partial charge in [-0.05, 0) is 81.1 Å². The topological polar surface area (TPSA) is 105 Å². The van der Waals surface area contributed by atoms with Gasteiger partial charge in [0.1, 0.15) is 6.10 Å². The molecule has 3 rings (SSSR count). The van der Waals surface area contributed by atoms with Crippen molar-refractivity contribution in [3.05, 3.63) is 71.8 Å². The van der Waals surface area contributed by atoms with Crippen molar-refractivity contribution in [1.82, 2.24) is 0 Å². The van der Waals surface area contributed by atoms with E-state index in [1.54, 1.807) is 0 Å². The lowest BCUT2D eigenvalue weighted by atomic mass is 10.0. The first kappa shape index (κ1) is 36.9. The fraction of sp³-hybridized carbons (Fsp3) is 0.605. The van der Waals surface area contributed by atoms with Crippen molar-refractivity contribution in [2.24, 2.45) is 0 Å². The van der Waals surface area contributed by atoms with Gasteiger partial charge in [0.15, 0.2) is 0 Å². The number of carbonyl (C=O) groups excluding carboxylic acids is 1. The average Bonchev–Trinajstić information content (AvgIpc) is 3.37. The van der Waals surface area contributed by atoms with Gasteiger partial charge in [-0.1, -0.05) is 93.1 Å². The minimum atomic E-state index is -0.514. The van der Waals surface area contributed by atoms with Crippen molar-refractivity contribution < 1.29 is 34.3 Å². The number of cyclic esters (lactones) is 1. The molecule has 2 aromatic rings. The maximum Gasteiger partial charge on any atom is 0.334 e. The Labute approximate surface area is 270 Å². The highest BCUT2D eigenvalue weighted by atomic mass is 16.5. The predicted octanol–water partition coefficient (Wildman–Crippen LogP) is 6.96. The molecule has 1 heterocycles. The van der Waals surface area contributed by atoms with Gasteiger partial charge in [0.05, 0.1) is 44.7 Å². The molecule has 0 bridgehead atoms. The third kappa shape index (κ3) is 16.0. The minimum absolute atomic E-state index is 0.0835. The van der Waals surface area contributed by atoms with E-state index in [9.17, 15) is 20.1 Å². The Hall–Kier alpha value is -2.55.